The van der Waals surface area contributed by atoms with Gasteiger partial charge in [0.1, 0.15) is 11.9 Å². The number of anilines is 1. The topological polar surface area (TPSA) is 71.4 Å². The van der Waals surface area contributed by atoms with Crippen LogP contribution in [0.15, 0.2) is 18.2 Å². The number of nitrogens with one attached hydrogen (secondary N) is 2. The van der Waals surface area contributed by atoms with Crippen molar-refractivity contribution >= 4 is 11.6 Å². The standard InChI is InChI=1S/C23H30FN5O/c1-28-12-16-6-7-29(21(16)13-28)19-5-3-14(20(24)10-19)8-18(11-25)27-23(30)22-15-2-4-17(9-15)26-22/h3,5,10,15-18,21-22,26H,2,4,6-9,12-13H2,1H3,(H,27,30). The summed E-state index contributed by atoms with van der Waals surface area (Å²) in [6.07, 6.45) is 4.57. The molecule has 2 N–H and O–H groups in total. The van der Waals surface area contributed by atoms with E-state index >= 15 is 0 Å². The molecule has 1 aliphatic carbocycles. The number of carbonyl (C=O) groups is 1. The highest BCUT2D eigenvalue weighted by atomic mass is 19.1. The van der Waals surface area contributed by atoms with Gasteiger partial charge in [-0.3, -0.25) is 4.79 Å². The van der Waals surface area contributed by atoms with E-state index in [-0.39, 0.29) is 24.2 Å². The maximum atomic E-state index is 14.9. The Morgan fingerprint density at radius 1 is 1.33 bits per heavy atom. The van der Waals surface area contributed by atoms with Gasteiger partial charge in [0, 0.05) is 43.8 Å². The fraction of sp³-hybridized carbons (Fsp3) is 0.652. The Morgan fingerprint density at radius 3 is 2.90 bits per heavy atom. The Hall–Kier alpha value is -2.17. The van der Waals surface area contributed by atoms with Crippen LogP contribution in [0, 0.1) is 29.0 Å². The molecule has 7 heteroatoms. The highest BCUT2D eigenvalue weighted by Gasteiger charge is 2.43. The molecule has 30 heavy (non-hydrogen) atoms. The maximum absolute atomic E-state index is 14.9. The Balaban J connectivity index is 1.23. The molecular formula is C23H30FN5O. The van der Waals surface area contributed by atoms with Crippen LogP contribution in [-0.2, 0) is 11.2 Å². The first-order valence-corrected chi connectivity index (χ1v) is 11.2. The molecule has 6 atom stereocenters. The van der Waals surface area contributed by atoms with Crippen molar-refractivity contribution in [3.8, 4) is 6.07 Å². The van der Waals surface area contributed by atoms with Gasteiger partial charge in [-0.2, -0.15) is 5.26 Å². The van der Waals surface area contributed by atoms with Gasteiger partial charge in [-0.1, -0.05) is 6.07 Å². The lowest BCUT2D eigenvalue weighted by Gasteiger charge is -2.27. The monoisotopic (exact) mass is 411 g/mol. The highest BCUT2D eigenvalue weighted by Crippen LogP contribution is 2.36. The number of hydrogen-bond donors (Lipinski definition) is 2. The average Bonchev–Trinajstić information content (AvgIpc) is 3.49. The number of carbonyl (C=O) groups excluding carboxylic acids is 1. The smallest absolute Gasteiger partial charge is 0.238 e. The highest BCUT2D eigenvalue weighted by molar-refractivity contribution is 5.83. The zero-order chi connectivity index (χ0) is 20.8. The molecule has 160 valence electrons. The van der Waals surface area contributed by atoms with Gasteiger partial charge in [0.25, 0.3) is 0 Å². The summed E-state index contributed by atoms with van der Waals surface area (Å²) in [7, 11) is 2.14. The zero-order valence-corrected chi connectivity index (χ0v) is 17.5. The number of piperidine rings is 1. The first-order valence-electron chi connectivity index (χ1n) is 11.2. The molecule has 1 amide bonds. The second-order valence-electron chi connectivity index (χ2n) is 9.62. The first-order chi connectivity index (χ1) is 14.5. The summed E-state index contributed by atoms with van der Waals surface area (Å²) in [5.74, 6) is 0.605. The van der Waals surface area contributed by atoms with Gasteiger partial charge in [-0.15, -0.1) is 0 Å². The fourth-order valence-corrected chi connectivity index (χ4v) is 6.13. The lowest BCUT2D eigenvalue weighted by Crippen LogP contribution is -2.50. The summed E-state index contributed by atoms with van der Waals surface area (Å²) in [5.41, 5.74) is 1.40. The van der Waals surface area contributed by atoms with Crippen LogP contribution in [0.3, 0.4) is 0 Å². The van der Waals surface area contributed by atoms with Gasteiger partial charge in [0.05, 0.1) is 12.1 Å². The van der Waals surface area contributed by atoms with Gasteiger partial charge >= 0.3 is 0 Å². The van der Waals surface area contributed by atoms with Crippen molar-refractivity contribution in [1.29, 1.82) is 5.26 Å². The third-order valence-corrected chi connectivity index (χ3v) is 7.64. The minimum Gasteiger partial charge on any atom is -0.367 e. The number of rotatable bonds is 5. The first kappa shape index (κ1) is 19.8. The largest absolute Gasteiger partial charge is 0.367 e. The predicted octanol–water partition coefficient (Wildman–Crippen LogP) is 1.66. The molecule has 4 aliphatic rings. The molecule has 1 saturated carbocycles. The number of benzene rings is 1. The SMILES string of the molecule is CN1CC2CCN(c3ccc(CC(C#N)NC(=O)C4NC5CCC4C5)c(F)c3)C2C1. The number of fused-ring (bicyclic) bond motifs is 3. The number of nitrogens with zero attached hydrogens (tertiary/aromatic N) is 3. The molecule has 0 aromatic heterocycles. The lowest BCUT2D eigenvalue weighted by molar-refractivity contribution is -0.124. The molecule has 0 spiro atoms. The minimum atomic E-state index is -0.724. The van der Waals surface area contributed by atoms with Crippen molar-refractivity contribution in [3.05, 3.63) is 29.6 Å². The minimum absolute atomic E-state index is 0.126. The number of amides is 1. The Labute approximate surface area is 177 Å². The van der Waals surface area contributed by atoms with E-state index < -0.39 is 6.04 Å². The number of halogens is 1. The molecule has 6 unspecified atom stereocenters. The summed E-state index contributed by atoms with van der Waals surface area (Å²) in [6, 6.07) is 7.44. The molecule has 1 aromatic carbocycles. The second kappa shape index (κ2) is 7.82. The number of hydrogen-bond acceptors (Lipinski definition) is 5. The van der Waals surface area contributed by atoms with Crippen LogP contribution in [0.25, 0.3) is 0 Å². The van der Waals surface area contributed by atoms with Crippen LogP contribution in [0.4, 0.5) is 10.1 Å². The second-order valence-corrected chi connectivity index (χ2v) is 9.62. The van der Waals surface area contributed by atoms with Gasteiger partial charge in [-0.05, 0) is 62.3 Å². The van der Waals surface area contributed by atoms with Crippen LogP contribution in [0.1, 0.15) is 31.2 Å². The van der Waals surface area contributed by atoms with Crippen LogP contribution in [0.2, 0.25) is 0 Å². The molecule has 3 saturated heterocycles. The molecular weight excluding hydrogens is 381 g/mol. The van der Waals surface area contributed by atoms with Crippen molar-refractivity contribution in [2.75, 3.05) is 31.6 Å². The van der Waals surface area contributed by atoms with Crippen molar-refractivity contribution in [2.24, 2.45) is 11.8 Å². The third kappa shape index (κ3) is 3.57. The van der Waals surface area contributed by atoms with E-state index in [1.54, 1.807) is 12.1 Å². The summed E-state index contributed by atoms with van der Waals surface area (Å²) < 4.78 is 14.9. The maximum Gasteiger partial charge on any atom is 0.238 e. The molecule has 3 aliphatic heterocycles. The number of likely N-dealkylation sites (tertiary alicyclic amines) is 1. The van der Waals surface area contributed by atoms with Crippen LogP contribution >= 0.6 is 0 Å². The van der Waals surface area contributed by atoms with E-state index in [9.17, 15) is 14.4 Å². The summed E-state index contributed by atoms with van der Waals surface area (Å²) in [4.78, 5) is 17.3. The quantitative estimate of drug-likeness (QED) is 0.771. The van der Waals surface area contributed by atoms with E-state index in [2.05, 4.69) is 33.6 Å². The summed E-state index contributed by atoms with van der Waals surface area (Å²) >= 11 is 0. The molecule has 2 bridgehead atoms. The van der Waals surface area contributed by atoms with Gasteiger partial charge in [0.15, 0.2) is 0 Å². The van der Waals surface area contributed by atoms with E-state index in [1.807, 2.05) is 6.07 Å². The van der Waals surface area contributed by atoms with Crippen LogP contribution in [0.5, 0.6) is 0 Å². The van der Waals surface area contributed by atoms with E-state index in [4.69, 9.17) is 0 Å². The van der Waals surface area contributed by atoms with Crippen molar-refractivity contribution in [2.45, 2.75) is 56.3 Å². The lowest BCUT2D eigenvalue weighted by atomic mass is 9.98. The van der Waals surface area contributed by atoms with Crippen LogP contribution in [-0.4, -0.2) is 61.7 Å². The number of likely N-dealkylation sites (N-methyl/N-ethyl adjacent to an activating group) is 1. The Kier molecular flexibility index (Phi) is 5.16. The van der Waals surface area contributed by atoms with E-state index in [0.29, 0.717) is 29.5 Å². The van der Waals surface area contributed by atoms with Crippen molar-refractivity contribution < 1.29 is 9.18 Å². The van der Waals surface area contributed by atoms with Crippen LogP contribution < -0.4 is 15.5 Å². The zero-order valence-electron chi connectivity index (χ0n) is 17.5. The predicted molar refractivity (Wildman–Crippen MR) is 112 cm³/mol. The van der Waals surface area contributed by atoms with Gasteiger partial charge < -0.3 is 20.4 Å². The number of nitriles is 1. The Bertz CT molecular complexity index is 870. The third-order valence-electron chi connectivity index (χ3n) is 7.64. The van der Waals surface area contributed by atoms with Gasteiger partial charge in [0.2, 0.25) is 5.91 Å². The Morgan fingerprint density at radius 2 is 2.20 bits per heavy atom. The molecule has 3 heterocycles. The molecule has 4 fully saturated rings. The summed E-state index contributed by atoms with van der Waals surface area (Å²) in [5, 5.41) is 15.7. The van der Waals surface area contributed by atoms with E-state index in [1.165, 1.54) is 0 Å². The van der Waals surface area contributed by atoms with Crippen molar-refractivity contribution in [3.63, 3.8) is 0 Å². The average molecular weight is 412 g/mol. The molecule has 5 rings (SSSR count). The van der Waals surface area contributed by atoms with Crippen molar-refractivity contribution in [1.82, 2.24) is 15.5 Å². The fourth-order valence-electron chi connectivity index (χ4n) is 6.13. The molecule has 1 aromatic rings. The molecule has 6 nitrogen and oxygen atoms in total. The normalized spacial score (nSPS) is 33.5. The van der Waals surface area contributed by atoms with Gasteiger partial charge in [-0.25, -0.2) is 4.39 Å². The summed E-state index contributed by atoms with van der Waals surface area (Å²) in [6.45, 7) is 3.10. The molecule has 0 radical (unpaired) electrons. The van der Waals surface area contributed by atoms with E-state index in [0.717, 1.165) is 51.0 Å².